The van der Waals surface area contributed by atoms with Gasteiger partial charge in [0.15, 0.2) is 0 Å². The highest BCUT2D eigenvalue weighted by Gasteiger charge is 1.99. The highest BCUT2D eigenvalue weighted by atomic mass is 16.3. The Hall–Kier alpha value is -1.39. The van der Waals surface area contributed by atoms with Gasteiger partial charge in [-0.15, -0.1) is 0 Å². The molecule has 1 amide bonds. The van der Waals surface area contributed by atoms with E-state index in [4.69, 9.17) is 5.11 Å². The normalized spacial score (nSPS) is 10.3. The molecule has 0 aliphatic heterocycles. The third kappa shape index (κ3) is 5.80. The molecule has 0 aromatic heterocycles. The molecule has 100 valence electrons. The minimum atomic E-state index is 0.0374. The lowest BCUT2D eigenvalue weighted by Gasteiger charge is -2.06. The van der Waals surface area contributed by atoms with E-state index in [0.717, 1.165) is 30.5 Å². The summed E-state index contributed by atoms with van der Waals surface area (Å²) in [4.78, 5) is 11.4. The molecule has 0 saturated heterocycles. The molecule has 0 bridgehead atoms. The molecule has 0 spiro atoms. The molecule has 4 nitrogen and oxygen atoms in total. The van der Waals surface area contributed by atoms with Crippen LogP contribution in [0.1, 0.15) is 30.9 Å². The van der Waals surface area contributed by atoms with Crippen LogP contribution in [0.25, 0.3) is 0 Å². The van der Waals surface area contributed by atoms with Crippen molar-refractivity contribution in [3.63, 3.8) is 0 Å². The van der Waals surface area contributed by atoms with Crippen molar-refractivity contribution in [2.75, 3.05) is 13.1 Å². The minimum Gasteiger partial charge on any atom is -0.392 e. The number of nitrogens with one attached hydrogen (secondary N) is 2. The summed E-state index contributed by atoms with van der Waals surface area (Å²) >= 11 is 0. The molecule has 18 heavy (non-hydrogen) atoms. The zero-order valence-electron chi connectivity index (χ0n) is 10.9. The van der Waals surface area contributed by atoms with E-state index in [9.17, 15) is 4.79 Å². The monoisotopic (exact) mass is 250 g/mol. The molecule has 0 aliphatic carbocycles. The van der Waals surface area contributed by atoms with E-state index in [1.54, 1.807) is 0 Å². The van der Waals surface area contributed by atoms with Crippen molar-refractivity contribution in [3.05, 3.63) is 35.4 Å². The summed E-state index contributed by atoms with van der Waals surface area (Å²) < 4.78 is 0. The summed E-state index contributed by atoms with van der Waals surface area (Å²) in [6, 6.07) is 7.68. The number of benzene rings is 1. The van der Waals surface area contributed by atoms with Crippen molar-refractivity contribution in [3.8, 4) is 0 Å². The van der Waals surface area contributed by atoms with Crippen LogP contribution < -0.4 is 10.6 Å². The SMILES string of the molecule is CCCCNC(=O)CNCc1ccc(CO)cc1. The molecule has 0 unspecified atom stereocenters. The topological polar surface area (TPSA) is 61.4 Å². The number of hydrogen-bond acceptors (Lipinski definition) is 3. The first-order chi connectivity index (χ1) is 8.76. The van der Waals surface area contributed by atoms with Gasteiger partial charge in [0.25, 0.3) is 0 Å². The molecule has 0 saturated carbocycles. The molecule has 0 heterocycles. The Morgan fingerprint density at radius 3 is 2.50 bits per heavy atom. The lowest BCUT2D eigenvalue weighted by atomic mass is 10.1. The molecule has 0 atom stereocenters. The molecule has 1 aromatic rings. The van der Waals surface area contributed by atoms with Crippen LogP contribution in [0.5, 0.6) is 0 Å². The van der Waals surface area contributed by atoms with E-state index in [2.05, 4.69) is 17.6 Å². The summed E-state index contributed by atoms with van der Waals surface area (Å²) in [7, 11) is 0. The first-order valence-corrected chi connectivity index (χ1v) is 6.42. The van der Waals surface area contributed by atoms with Gasteiger partial charge in [-0.3, -0.25) is 4.79 Å². The van der Waals surface area contributed by atoms with Gasteiger partial charge in [0.2, 0.25) is 5.91 Å². The molecule has 3 N–H and O–H groups in total. The average Bonchev–Trinajstić information content (AvgIpc) is 2.40. The second kappa shape index (κ2) is 8.66. The summed E-state index contributed by atoms with van der Waals surface area (Å²) in [6.07, 6.45) is 2.11. The minimum absolute atomic E-state index is 0.0374. The Morgan fingerprint density at radius 1 is 1.22 bits per heavy atom. The Bertz CT molecular complexity index is 349. The van der Waals surface area contributed by atoms with Crippen LogP contribution in [0.2, 0.25) is 0 Å². The second-order valence-electron chi connectivity index (χ2n) is 4.28. The lowest BCUT2D eigenvalue weighted by molar-refractivity contribution is -0.120. The van der Waals surface area contributed by atoms with Gasteiger partial charge in [0.05, 0.1) is 13.2 Å². The number of carbonyl (C=O) groups excluding carboxylic acids is 1. The first-order valence-electron chi connectivity index (χ1n) is 6.42. The Balaban J connectivity index is 2.18. The Morgan fingerprint density at radius 2 is 1.89 bits per heavy atom. The van der Waals surface area contributed by atoms with E-state index in [0.29, 0.717) is 13.1 Å². The summed E-state index contributed by atoms with van der Waals surface area (Å²) in [5, 5.41) is 14.9. The van der Waals surface area contributed by atoms with Crippen LogP contribution in [0, 0.1) is 0 Å². The van der Waals surface area contributed by atoms with E-state index < -0.39 is 0 Å². The fourth-order valence-electron chi connectivity index (χ4n) is 1.55. The molecular formula is C14H22N2O2. The molecule has 0 radical (unpaired) electrons. The zero-order valence-corrected chi connectivity index (χ0v) is 10.9. The van der Waals surface area contributed by atoms with E-state index in [1.807, 2.05) is 24.3 Å². The Kier molecular flexibility index (Phi) is 7.06. The number of aliphatic hydroxyl groups excluding tert-OH is 1. The fourth-order valence-corrected chi connectivity index (χ4v) is 1.55. The predicted octanol–water partition coefficient (Wildman–Crippen LogP) is 1.18. The lowest BCUT2D eigenvalue weighted by Crippen LogP contribution is -2.34. The number of amides is 1. The van der Waals surface area contributed by atoms with Crippen LogP contribution in [-0.2, 0) is 17.9 Å². The van der Waals surface area contributed by atoms with Gasteiger partial charge in [-0.05, 0) is 17.5 Å². The molecule has 0 aliphatic rings. The predicted molar refractivity (Wildman–Crippen MR) is 72.0 cm³/mol. The van der Waals surface area contributed by atoms with Gasteiger partial charge >= 0.3 is 0 Å². The van der Waals surface area contributed by atoms with Crippen molar-refractivity contribution < 1.29 is 9.90 Å². The van der Waals surface area contributed by atoms with Crippen LogP contribution in [0.4, 0.5) is 0 Å². The second-order valence-corrected chi connectivity index (χ2v) is 4.28. The summed E-state index contributed by atoms with van der Waals surface area (Å²) in [5.41, 5.74) is 2.00. The van der Waals surface area contributed by atoms with Crippen molar-refractivity contribution >= 4 is 5.91 Å². The number of hydrogen-bond donors (Lipinski definition) is 3. The number of unbranched alkanes of at least 4 members (excludes halogenated alkanes) is 1. The summed E-state index contributed by atoms with van der Waals surface area (Å²) in [5.74, 6) is 0.0374. The number of rotatable bonds is 8. The van der Waals surface area contributed by atoms with Gasteiger partial charge in [-0.25, -0.2) is 0 Å². The van der Waals surface area contributed by atoms with Gasteiger partial charge < -0.3 is 15.7 Å². The van der Waals surface area contributed by atoms with Gasteiger partial charge in [-0.2, -0.15) is 0 Å². The summed E-state index contributed by atoms with van der Waals surface area (Å²) in [6.45, 7) is 3.91. The van der Waals surface area contributed by atoms with Crippen LogP contribution >= 0.6 is 0 Å². The maximum Gasteiger partial charge on any atom is 0.233 e. The third-order valence-electron chi connectivity index (χ3n) is 2.67. The highest BCUT2D eigenvalue weighted by Crippen LogP contribution is 2.03. The van der Waals surface area contributed by atoms with Gasteiger partial charge in [0, 0.05) is 13.1 Å². The van der Waals surface area contributed by atoms with Gasteiger partial charge in [0.1, 0.15) is 0 Å². The van der Waals surface area contributed by atoms with Crippen LogP contribution in [0.15, 0.2) is 24.3 Å². The smallest absolute Gasteiger partial charge is 0.233 e. The Labute approximate surface area is 108 Å². The number of carbonyl (C=O) groups is 1. The fraction of sp³-hybridized carbons (Fsp3) is 0.500. The van der Waals surface area contributed by atoms with Crippen molar-refractivity contribution in [2.45, 2.75) is 32.9 Å². The van der Waals surface area contributed by atoms with E-state index in [1.165, 1.54) is 0 Å². The van der Waals surface area contributed by atoms with Crippen molar-refractivity contribution in [1.82, 2.24) is 10.6 Å². The van der Waals surface area contributed by atoms with Crippen LogP contribution in [-0.4, -0.2) is 24.1 Å². The molecule has 1 rings (SSSR count). The maximum atomic E-state index is 11.4. The third-order valence-corrected chi connectivity index (χ3v) is 2.67. The van der Waals surface area contributed by atoms with Gasteiger partial charge in [-0.1, -0.05) is 37.6 Å². The van der Waals surface area contributed by atoms with E-state index >= 15 is 0 Å². The van der Waals surface area contributed by atoms with Crippen molar-refractivity contribution in [2.24, 2.45) is 0 Å². The molecule has 1 aromatic carbocycles. The molecular weight excluding hydrogens is 228 g/mol. The molecule has 4 heteroatoms. The highest BCUT2D eigenvalue weighted by molar-refractivity contribution is 5.77. The first kappa shape index (κ1) is 14.7. The van der Waals surface area contributed by atoms with Crippen LogP contribution in [0.3, 0.4) is 0 Å². The average molecular weight is 250 g/mol. The zero-order chi connectivity index (χ0) is 13.2. The number of aliphatic hydroxyl groups is 1. The van der Waals surface area contributed by atoms with E-state index in [-0.39, 0.29) is 12.5 Å². The molecule has 0 fully saturated rings. The quantitative estimate of drug-likeness (QED) is 0.607. The largest absolute Gasteiger partial charge is 0.392 e. The maximum absolute atomic E-state index is 11.4. The van der Waals surface area contributed by atoms with Crippen molar-refractivity contribution in [1.29, 1.82) is 0 Å². The standard InChI is InChI=1S/C14H22N2O2/c1-2-3-8-16-14(18)10-15-9-12-4-6-13(11-17)7-5-12/h4-7,15,17H,2-3,8-11H2,1H3,(H,16,18).